The first-order valence-electron chi connectivity index (χ1n) is 8.78. The minimum atomic E-state index is -0.829. The zero-order chi connectivity index (χ0) is 19.1. The molecule has 1 amide bonds. The van der Waals surface area contributed by atoms with Gasteiger partial charge in [0.2, 0.25) is 5.91 Å². The number of carboxylic acid groups (broad SMARTS) is 1. The lowest BCUT2D eigenvalue weighted by Crippen LogP contribution is -2.22. The lowest BCUT2D eigenvalue weighted by Gasteiger charge is -2.17. The standard InChI is InChI=1S/C21H21N3O3/c25-19(26)12-7-13-24-15-18(14-22-24)23-21(27)20(16-8-3-1-4-9-16)17-10-5-2-6-11-17/h1-6,8-11,14-15,20H,7,12-13H2,(H,23,27)(H,25,26). The number of aryl methyl sites for hydroxylation is 1. The van der Waals surface area contributed by atoms with Gasteiger partial charge >= 0.3 is 5.97 Å². The van der Waals surface area contributed by atoms with Gasteiger partial charge in [0, 0.05) is 19.2 Å². The highest BCUT2D eigenvalue weighted by molar-refractivity contribution is 5.98. The van der Waals surface area contributed by atoms with Gasteiger partial charge in [0.25, 0.3) is 0 Å². The van der Waals surface area contributed by atoms with Gasteiger partial charge in [-0.25, -0.2) is 0 Å². The van der Waals surface area contributed by atoms with Gasteiger partial charge in [0.05, 0.1) is 17.8 Å². The highest BCUT2D eigenvalue weighted by atomic mass is 16.4. The summed E-state index contributed by atoms with van der Waals surface area (Å²) in [7, 11) is 0. The Labute approximate surface area is 157 Å². The Hall–Kier alpha value is -3.41. The fourth-order valence-electron chi connectivity index (χ4n) is 2.94. The van der Waals surface area contributed by atoms with Crippen LogP contribution in [0.4, 0.5) is 5.69 Å². The van der Waals surface area contributed by atoms with Crippen molar-refractivity contribution in [1.82, 2.24) is 9.78 Å². The van der Waals surface area contributed by atoms with E-state index >= 15 is 0 Å². The SMILES string of the molecule is O=C(O)CCCn1cc(NC(=O)C(c2ccccc2)c2ccccc2)cn1. The molecule has 1 heterocycles. The van der Waals surface area contributed by atoms with Crippen LogP contribution in [0.15, 0.2) is 73.1 Å². The Morgan fingerprint density at radius 2 is 1.59 bits per heavy atom. The van der Waals surface area contributed by atoms with Crippen LogP contribution in [-0.2, 0) is 16.1 Å². The van der Waals surface area contributed by atoms with Crippen molar-refractivity contribution >= 4 is 17.6 Å². The van der Waals surface area contributed by atoms with Crippen LogP contribution in [-0.4, -0.2) is 26.8 Å². The number of benzene rings is 2. The molecule has 6 nitrogen and oxygen atoms in total. The quantitative estimate of drug-likeness (QED) is 0.641. The van der Waals surface area contributed by atoms with E-state index in [0.29, 0.717) is 18.7 Å². The molecule has 0 aliphatic rings. The fourth-order valence-corrected chi connectivity index (χ4v) is 2.94. The number of nitrogens with one attached hydrogen (secondary N) is 1. The topological polar surface area (TPSA) is 84.2 Å². The molecule has 138 valence electrons. The third-order valence-electron chi connectivity index (χ3n) is 4.21. The molecule has 0 radical (unpaired) electrons. The summed E-state index contributed by atoms with van der Waals surface area (Å²) < 4.78 is 1.64. The molecule has 0 bridgehead atoms. The van der Waals surface area contributed by atoms with Crippen LogP contribution in [0.3, 0.4) is 0 Å². The van der Waals surface area contributed by atoms with Crippen LogP contribution in [0.1, 0.15) is 29.9 Å². The minimum Gasteiger partial charge on any atom is -0.481 e. The third-order valence-corrected chi connectivity index (χ3v) is 4.21. The summed E-state index contributed by atoms with van der Waals surface area (Å²) in [6, 6.07) is 19.3. The van der Waals surface area contributed by atoms with Gasteiger partial charge < -0.3 is 10.4 Å². The van der Waals surface area contributed by atoms with Crippen molar-refractivity contribution in [1.29, 1.82) is 0 Å². The second-order valence-electron chi connectivity index (χ2n) is 6.23. The molecule has 2 aromatic carbocycles. The molecule has 0 saturated carbocycles. The molecular weight excluding hydrogens is 342 g/mol. The summed E-state index contributed by atoms with van der Waals surface area (Å²) in [5.74, 6) is -1.40. The Morgan fingerprint density at radius 1 is 1.00 bits per heavy atom. The number of anilines is 1. The Bertz CT molecular complexity index is 852. The van der Waals surface area contributed by atoms with Gasteiger partial charge in [-0.1, -0.05) is 60.7 Å². The molecule has 1 aromatic heterocycles. The molecule has 0 unspecified atom stereocenters. The highest BCUT2D eigenvalue weighted by Crippen LogP contribution is 2.26. The Morgan fingerprint density at radius 3 is 2.15 bits per heavy atom. The number of hydrogen-bond acceptors (Lipinski definition) is 3. The zero-order valence-corrected chi connectivity index (χ0v) is 14.8. The van der Waals surface area contributed by atoms with E-state index in [-0.39, 0.29) is 12.3 Å². The summed E-state index contributed by atoms with van der Waals surface area (Å²) in [4.78, 5) is 23.6. The van der Waals surface area contributed by atoms with Crippen molar-refractivity contribution in [3.63, 3.8) is 0 Å². The summed E-state index contributed by atoms with van der Waals surface area (Å²) in [6.07, 6.45) is 3.87. The lowest BCUT2D eigenvalue weighted by atomic mass is 9.90. The summed E-state index contributed by atoms with van der Waals surface area (Å²) in [5, 5.41) is 15.8. The second kappa shape index (κ2) is 8.80. The molecule has 0 atom stereocenters. The smallest absolute Gasteiger partial charge is 0.303 e. The van der Waals surface area contributed by atoms with E-state index in [0.717, 1.165) is 11.1 Å². The van der Waals surface area contributed by atoms with Crippen LogP contribution in [0.2, 0.25) is 0 Å². The van der Waals surface area contributed by atoms with Gasteiger partial charge in [0.1, 0.15) is 0 Å². The number of hydrogen-bond donors (Lipinski definition) is 2. The normalized spacial score (nSPS) is 10.7. The number of aromatic nitrogens is 2. The number of carbonyl (C=O) groups is 2. The predicted molar refractivity (Wildman–Crippen MR) is 102 cm³/mol. The number of carbonyl (C=O) groups excluding carboxylic acids is 1. The molecule has 3 rings (SSSR count). The average Bonchev–Trinajstić information content (AvgIpc) is 3.10. The average molecular weight is 363 g/mol. The number of carboxylic acids is 1. The van der Waals surface area contributed by atoms with Crippen LogP contribution >= 0.6 is 0 Å². The summed E-state index contributed by atoms with van der Waals surface area (Å²) in [5.41, 5.74) is 2.41. The van der Waals surface area contributed by atoms with E-state index in [2.05, 4.69) is 10.4 Å². The fraction of sp³-hybridized carbons (Fsp3) is 0.190. The molecule has 0 aliphatic carbocycles. The van der Waals surface area contributed by atoms with Crippen molar-refractivity contribution in [2.45, 2.75) is 25.3 Å². The number of nitrogens with zero attached hydrogens (tertiary/aromatic N) is 2. The molecule has 2 N–H and O–H groups in total. The van der Waals surface area contributed by atoms with Crippen molar-refractivity contribution in [2.75, 3.05) is 5.32 Å². The maximum Gasteiger partial charge on any atom is 0.303 e. The summed E-state index contributed by atoms with van der Waals surface area (Å²) in [6.45, 7) is 0.489. The van der Waals surface area contributed by atoms with Crippen LogP contribution in [0.25, 0.3) is 0 Å². The van der Waals surface area contributed by atoms with Gasteiger partial charge in [-0.3, -0.25) is 14.3 Å². The first kappa shape index (κ1) is 18.4. The Balaban J connectivity index is 1.74. The predicted octanol–water partition coefficient (Wildman–Crippen LogP) is 3.52. The number of rotatable bonds is 8. The molecular formula is C21H21N3O3. The number of aliphatic carboxylic acids is 1. The van der Waals surface area contributed by atoms with E-state index < -0.39 is 11.9 Å². The molecule has 0 spiro atoms. The van der Waals surface area contributed by atoms with E-state index in [1.165, 1.54) is 0 Å². The largest absolute Gasteiger partial charge is 0.481 e. The molecule has 3 aromatic rings. The van der Waals surface area contributed by atoms with E-state index in [9.17, 15) is 9.59 Å². The van der Waals surface area contributed by atoms with E-state index in [1.54, 1.807) is 17.1 Å². The Kier molecular flexibility index (Phi) is 5.99. The van der Waals surface area contributed by atoms with Crippen molar-refractivity contribution in [3.05, 3.63) is 84.2 Å². The maximum atomic E-state index is 13.0. The van der Waals surface area contributed by atoms with E-state index in [4.69, 9.17) is 5.11 Å². The van der Waals surface area contributed by atoms with Gasteiger partial charge in [-0.2, -0.15) is 5.10 Å². The van der Waals surface area contributed by atoms with Crippen molar-refractivity contribution in [2.24, 2.45) is 0 Å². The van der Waals surface area contributed by atoms with Gasteiger partial charge in [-0.15, -0.1) is 0 Å². The minimum absolute atomic E-state index is 0.0889. The first-order chi connectivity index (χ1) is 13.1. The van der Waals surface area contributed by atoms with Crippen LogP contribution < -0.4 is 5.32 Å². The lowest BCUT2D eigenvalue weighted by molar-refractivity contribution is -0.137. The first-order valence-corrected chi connectivity index (χ1v) is 8.78. The van der Waals surface area contributed by atoms with Crippen molar-refractivity contribution in [3.8, 4) is 0 Å². The maximum absolute atomic E-state index is 13.0. The molecule has 0 saturated heterocycles. The van der Waals surface area contributed by atoms with Crippen molar-refractivity contribution < 1.29 is 14.7 Å². The molecule has 6 heteroatoms. The molecule has 0 aliphatic heterocycles. The van der Waals surface area contributed by atoms with Crippen LogP contribution in [0, 0.1) is 0 Å². The molecule has 0 fully saturated rings. The van der Waals surface area contributed by atoms with Gasteiger partial charge in [0.15, 0.2) is 0 Å². The van der Waals surface area contributed by atoms with Gasteiger partial charge in [-0.05, 0) is 17.5 Å². The summed E-state index contributed by atoms with van der Waals surface area (Å²) >= 11 is 0. The molecule has 27 heavy (non-hydrogen) atoms. The van der Waals surface area contributed by atoms with E-state index in [1.807, 2.05) is 60.7 Å². The third kappa shape index (κ3) is 5.04. The zero-order valence-electron chi connectivity index (χ0n) is 14.8. The number of amides is 1. The highest BCUT2D eigenvalue weighted by Gasteiger charge is 2.23. The monoisotopic (exact) mass is 363 g/mol. The second-order valence-corrected chi connectivity index (χ2v) is 6.23. The van der Waals surface area contributed by atoms with Crippen LogP contribution in [0.5, 0.6) is 0 Å².